The Morgan fingerprint density at radius 3 is 2.29 bits per heavy atom. The lowest BCUT2D eigenvalue weighted by atomic mass is 10.2. The first-order valence-corrected chi connectivity index (χ1v) is 7.52. The largest absolute Gasteiger partial charge is 0.236 e. The second-order valence-electron chi connectivity index (χ2n) is 3.42. The van der Waals surface area contributed by atoms with Crippen molar-refractivity contribution in [2.45, 2.75) is 5.75 Å². The van der Waals surface area contributed by atoms with Crippen LogP contribution in [0.1, 0.15) is 5.56 Å². The Balaban J connectivity index is 2.28. The van der Waals surface area contributed by atoms with Crippen molar-refractivity contribution in [2.75, 3.05) is 0 Å². The Bertz CT molecular complexity index is 620. The molecular formula is C10H8Cl2N2O2S. The van der Waals surface area contributed by atoms with Crippen molar-refractivity contribution in [3.63, 3.8) is 0 Å². The normalized spacial score (nSPS) is 11.6. The van der Waals surface area contributed by atoms with E-state index in [4.69, 9.17) is 22.3 Å². The van der Waals surface area contributed by atoms with Crippen LogP contribution in [-0.2, 0) is 14.8 Å². The first kappa shape index (κ1) is 12.4. The summed E-state index contributed by atoms with van der Waals surface area (Å²) in [7, 11) is 1.64. The van der Waals surface area contributed by atoms with Gasteiger partial charge in [-0.3, -0.25) is 0 Å². The summed E-state index contributed by atoms with van der Waals surface area (Å²) in [6, 6.07) is 8.48. The molecule has 7 heteroatoms. The molecule has 0 saturated heterocycles. The molecule has 0 amide bonds. The zero-order valence-corrected chi connectivity index (χ0v) is 10.9. The molecule has 1 aromatic carbocycles. The third kappa shape index (κ3) is 3.21. The number of benzene rings is 1. The molecule has 0 saturated carbocycles. The van der Waals surface area contributed by atoms with Crippen molar-refractivity contribution in [1.82, 2.24) is 9.78 Å². The van der Waals surface area contributed by atoms with Crippen molar-refractivity contribution in [3.8, 4) is 5.69 Å². The number of aromatic nitrogens is 2. The van der Waals surface area contributed by atoms with Crippen molar-refractivity contribution in [1.29, 1.82) is 0 Å². The second-order valence-corrected chi connectivity index (χ2v) is 6.58. The van der Waals surface area contributed by atoms with Gasteiger partial charge >= 0.3 is 0 Å². The van der Waals surface area contributed by atoms with Gasteiger partial charge in [0, 0.05) is 10.7 Å². The molecule has 0 N–H and O–H groups in total. The highest BCUT2D eigenvalue weighted by molar-refractivity contribution is 8.13. The van der Waals surface area contributed by atoms with E-state index >= 15 is 0 Å². The summed E-state index contributed by atoms with van der Waals surface area (Å²) in [4.78, 5) is 0. The van der Waals surface area contributed by atoms with E-state index in [9.17, 15) is 8.42 Å². The van der Waals surface area contributed by atoms with E-state index in [0.717, 1.165) is 5.69 Å². The second kappa shape index (κ2) is 4.68. The van der Waals surface area contributed by atoms with Crippen molar-refractivity contribution in [2.24, 2.45) is 0 Å². The summed E-state index contributed by atoms with van der Waals surface area (Å²) < 4.78 is 23.3. The monoisotopic (exact) mass is 290 g/mol. The molecule has 0 aliphatic carbocycles. The van der Waals surface area contributed by atoms with Crippen LogP contribution in [0.2, 0.25) is 5.15 Å². The van der Waals surface area contributed by atoms with Gasteiger partial charge in [0.05, 0.1) is 17.6 Å². The summed E-state index contributed by atoms with van der Waals surface area (Å²) in [5, 5.41) is 4.52. The highest BCUT2D eigenvalue weighted by Gasteiger charge is 2.08. The average molecular weight is 291 g/mol. The molecule has 1 heterocycles. The van der Waals surface area contributed by atoms with E-state index in [1.807, 2.05) is 0 Å². The molecule has 90 valence electrons. The lowest BCUT2D eigenvalue weighted by Crippen LogP contribution is -1.98. The molecule has 0 aliphatic heterocycles. The van der Waals surface area contributed by atoms with E-state index in [0.29, 0.717) is 10.7 Å². The number of halogens is 2. The molecule has 0 aliphatic rings. The van der Waals surface area contributed by atoms with Crippen LogP contribution in [0.15, 0.2) is 36.5 Å². The Kier molecular flexibility index (Phi) is 3.42. The molecule has 4 nitrogen and oxygen atoms in total. The van der Waals surface area contributed by atoms with Crippen LogP contribution in [0, 0.1) is 0 Å². The van der Waals surface area contributed by atoms with E-state index in [1.54, 1.807) is 41.2 Å². The van der Waals surface area contributed by atoms with Crippen LogP contribution >= 0.6 is 22.3 Å². The fourth-order valence-corrected chi connectivity index (χ4v) is 2.58. The van der Waals surface area contributed by atoms with Gasteiger partial charge < -0.3 is 0 Å². The van der Waals surface area contributed by atoms with Gasteiger partial charge in [-0.2, -0.15) is 5.10 Å². The third-order valence-corrected chi connectivity index (χ3v) is 3.41. The summed E-state index contributed by atoms with van der Waals surface area (Å²) in [6.45, 7) is 0. The Labute approximate surface area is 108 Å². The van der Waals surface area contributed by atoms with Gasteiger partial charge in [-0.15, -0.1) is 0 Å². The summed E-state index contributed by atoms with van der Waals surface area (Å²) >= 11 is 5.90. The van der Waals surface area contributed by atoms with Crippen LogP contribution in [0.25, 0.3) is 5.69 Å². The van der Waals surface area contributed by atoms with Gasteiger partial charge in [0.2, 0.25) is 9.05 Å². The zero-order chi connectivity index (χ0) is 12.5. The van der Waals surface area contributed by atoms with Crippen LogP contribution in [-0.4, -0.2) is 18.2 Å². The van der Waals surface area contributed by atoms with Crippen LogP contribution in [0.4, 0.5) is 0 Å². The molecule has 0 bridgehead atoms. The van der Waals surface area contributed by atoms with E-state index in [-0.39, 0.29) is 5.75 Å². The van der Waals surface area contributed by atoms with Crippen molar-refractivity contribution in [3.05, 3.63) is 47.2 Å². The van der Waals surface area contributed by atoms with E-state index < -0.39 is 9.05 Å². The van der Waals surface area contributed by atoms with Gasteiger partial charge in [0.15, 0.2) is 0 Å². The fraction of sp³-hybridized carbons (Fsp3) is 0.100. The summed E-state index contributed by atoms with van der Waals surface area (Å²) in [6.07, 6.45) is 1.58. The van der Waals surface area contributed by atoms with E-state index in [2.05, 4.69) is 5.10 Å². The topological polar surface area (TPSA) is 52.0 Å². The number of hydrogen-bond acceptors (Lipinski definition) is 3. The molecule has 2 rings (SSSR count). The molecule has 2 aromatic rings. The molecule has 0 fully saturated rings. The number of nitrogens with zero attached hydrogens (tertiary/aromatic N) is 2. The molecule has 0 spiro atoms. The maximum Gasteiger partial charge on any atom is 0.236 e. The molecular weight excluding hydrogens is 283 g/mol. The van der Waals surface area contributed by atoms with Gasteiger partial charge in [0.1, 0.15) is 5.15 Å². The standard InChI is InChI=1S/C10H8Cl2N2O2S/c11-10-5-6-13-14(10)9-3-1-8(2-4-9)7-17(12,15)16/h1-6H,7H2. The van der Waals surface area contributed by atoms with Gasteiger partial charge in [-0.1, -0.05) is 23.7 Å². The predicted molar refractivity (Wildman–Crippen MR) is 67.1 cm³/mol. The molecule has 0 unspecified atom stereocenters. The minimum absolute atomic E-state index is 0.193. The summed E-state index contributed by atoms with van der Waals surface area (Å²) in [5.41, 5.74) is 1.38. The first-order chi connectivity index (χ1) is 7.96. The van der Waals surface area contributed by atoms with Crippen molar-refractivity contribution >= 4 is 31.3 Å². The number of hydrogen-bond donors (Lipinski definition) is 0. The minimum Gasteiger partial charge on any atom is -0.222 e. The van der Waals surface area contributed by atoms with Gasteiger partial charge in [-0.05, 0) is 23.8 Å². The zero-order valence-electron chi connectivity index (χ0n) is 8.55. The smallest absolute Gasteiger partial charge is 0.222 e. The highest BCUT2D eigenvalue weighted by atomic mass is 35.7. The molecule has 1 aromatic heterocycles. The molecule has 0 radical (unpaired) electrons. The van der Waals surface area contributed by atoms with Gasteiger partial charge in [-0.25, -0.2) is 13.1 Å². The third-order valence-electron chi connectivity index (χ3n) is 2.12. The maximum atomic E-state index is 10.9. The van der Waals surface area contributed by atoms with E-state index in [1.165, 1.54) is 0 Å². The fourth-order valence-electron chi connectivity index (χ4n) is 1.41. The summed E-state index contributed by atoms with van der Waals surface area (Å²) in [5.74, 6) is -0.193. The Morgan fingerprint density at radius 1 is 1.18 bits per heavy atom. The van der Waals surface area contributed by atoms with Gasteiger partial charge in [0.25, 0.3) is 0 Å². The average Bonchev–Trinajstić information content (AvgIpc) is 2.63. The molecule has 0 atom stereocenters. The SMILES string of the molecule is O=S(=O)(Cl)Cc1ccc(-n2nccc2Cl)cc1. The Hall–Kier alpha value is -1.04. The maximum absolute atomic E-state index is 10.9. The van der Waals surface area contributed by atoms with Crippen molar-refractivity contribution < 1.29 is 8.42 Å². The lowest BCUT2D eigenvalue weighted by molar-refractivity contribution is 0.609. The van der Waals surface area contributed by atoms with Crippen LogP contribution in [0.3, 0.4) is 0 Å². The van der Waals surface area contributed by atoms with Crippen LogP contribution < -0.4 is 0 Å². The number of rotatable bonds is 3. The minimum atomic E-state index is -3.53. The van der Waals surface area contributed by atoms with Crippen LogP contribution in [0.5, 0.6) is 0 Å². The first-order valence-electron chi connectivity index (χ1n) is 4.67. The Morgan fingerprint density at radius 2 is 1.82 bits per heavy atom. The predicted octanol–water partition coefficient (Wildman–Crippen LogP) is 2.59. The quantitative estimate of drug-likeness (QED) is 0.817. The highest BCUT2D eigenvalue weighted by Crippen LogP contribution is 2.17. The lowest BCUT2D eigenvalue weighted by Gasteiger charge is -2.04. The molecule has 17 heavy (non-hydrogen) atoms.